The Hall–Kier alpha value is -2.37. The topological polar surface area (TPSA) is 66.6 Å². The van der Waals surface area contributed by atoms with E-state index in [1.54, 1.807) is 12.1 Å². The van der Waals surface area contributed by atoms with Gasteiger partial charge in [-0.05, 0) is 67.6 Å². The highest BCUT2D eigenvalue weighted by Gasteiger charge is 2.62. The van der Waals surface area contributed by atoms with Gasteiger partial charge in [-0.15, -0.1) is 0 Å². The van der Waals surface area contributed by atoms with Gasteiger partial charge in [0.1, 0.15) is 11.4 Å². The van der Waals surface area contributed by atoms with E-state index in [1.165, 1.54) is 12.1 Å². The minimum atomic E-state index is -0.513. The molecule has 4 bridgehead atoms. The summed E-state index contributed by atoms with van der Waals surface area (Å²) < 4.78 is 13.5. The minimum absolute atomic E-state index is 0.0740. The fourth-order valence-corrected chi connectivity index (χ4v) is 7.60. The fraction of sp³-hybridized carbons (Fsp3) is 0.565. The summed E-state index contributed by atoms with van der Waals surface area (Å²) in [6.07, 6.45) is 8.92. The van der Waals surface area contributed by atoms with Crippen molar-refractivity contribution in [2.45, 2.75) is 43.7 Å². The zero-order valence-electron chi connectivity index (χ0n) is 16.4. The molecule has 3 atom stereocenters. The first kappa shape index (κ1) is 17.5. The maximum absolute atomic E-state index is 13.5. The number of hydrogen-bond acceptors (Lipinski definition) is 2. The lowest BCUT2D eigenvalue weighted by Gasteiger charge is -2.60. The normalized spacial score (nSPS) is 42.0. The minimum Gasteiger partial charge on any atom is -0.369 e. The molecule has 0 radical (unpaired) electrons. The average molecular weight is 395 g/mol. The molecule has 2 aliphatic heterocycles. The SMILES string of the molecule is NC(=O)C12CC3CC(C1)C(N1CC4(c5ccc(F)cc5)C=CCN4C1=O)C(C3)C2. The zero-order chi connectivity index (χ0) is 20.0. The maximum Gasteiger partial charge on any atom is 0.321 e. The van der Waals surface area contributed by atoms with Gasteiger partial charge in [-0.2, -0.15) is 0 Å². The number of carbonyl (C=O) groups is 2. The largest absolute Gasteiger partial charge is 0.369 e. The van der Waals surface area contributed by atoms with Gasteiger partial charge in [-0.25, -0.2) is 9.18 Å². The number of nitrogens with two attached hydrogens (primary N) is 1. The molecule has 2 N–H and O–H groups in total. The second-order valence-electron chi connectivity index (χ2n) is 9.96. The third-order valence-electron chi connectivity index (χ3n) is 8.50. The first-order valence-corrected chi connectivity index (χ1v) is 10.7. The van der Waals surface area contributed by atoms with Crippen molar-refractivity contribution in [1.29, 1.82) is 0 Å². The molecular formula is C23H26FN3O2. The molecular weight excluding hydrogens is 369 g/mol. The standard InChI is InChI=1S/C23H26FN3O2/c24-18-4-2-17(3-5-18)23-6-1-7-27(23)21(29)26(13-23)19-15-8-14-9-16(19)12-22(10-14,11-15)20(25)28/h1-6,14-16,19H,7-13H2,(H2,25,28). The van der Waals surface area contributed by atoms with Crippen LogP contribution in [0.15, 0.2) is 36.4 Å². The molecule has 4 aliphatic carbocycles. The molecule has 2 heterocycles. The van der Waals surface area contributed by atoms with Crippen molar-refractivity contribution >= 4 is 11.9 Å². The van der Waals surface area contributed by atoms with Crippen molar-refractivity contribution in [2.24, 2.45) is 28.9 Å². The van der Waals surface area contributed by atoms with Gasteiger partial charge < -0.3 is 15.5 Å². The summed E-state index contributed by atoms with van der Waals surface area (Å²) in [5.74, 6) is 0.866. The number of fused-ring (bicyclic) bond motifs is 1. The van der Waals surface area contributed by atoms with Gasteiger partial charge in [0.2, 0.25) is 5.91 Å². The van der Waals surface area contributed by atoms with Crippen molar-refractivity contribution in [1.82, 2.24) is 9.80 Å². The lowest BCUT2D eigenvalue weighted by Crippen LogP contribution is -2.62. The van der Waals surface area contributed by atoms with Gasteiger partial charge in [-0.3, -0.25) is 4.79 Å². The zero-order valence-corrected chi connectivity index (χ0v) is 16.4. The van der Waals surface area contributed by atoms with E-state index in [0.717, 1.165) is 37.7 Å². The van der Waals surface area contributed by atoms with Crippen LogP contribution >= 0.6 is 0 Å². The van der Waals surface area contributed by atoms with Crippen LogP contribution in [0.4, 0.5) is 9.18 Å². The lowest BCUT2D eigenvalue weighted by atomic mass is 9.47. The molecule has 7 rings (SSSR count). The van der Waals surface area contributed by atoms with Crippen molar-refractivity contribution in [3.63, 3.8) is 0 Å². The fourth-order valence-electron chi connectivity index (χ4n) is 7.60. The second kappa shape index (κ2) is 5.61. The van der Waals surface area contributed by atoms with E-state index in [9.17, 15) is 14.0 Å². The number of benzene rings is 1. The summed E-state index contributed by atoms with van der Waals surface area (Å²) in [6.45, 7) is 1.18. The molecule has 152 valence electrons. The summed E-state index contributed by atoms with van der Waals surface area (Å²) in [4.78, 5) is 29.8. The summed E-state index contributed by atoms with van der Waals surface area (Å²) >= 11 is 0. The summed E-state index contributed by atoms with van der Waals surface area (Å²) in [5.41, 5.74) is 5.93. The quantitative estimate of drug-likeness (QED) is 0.800. The summed E-state index contributed by atoms with van der Waals surface area (Å²) in [7, 11) is 0. The molecule has 1 saturated heterocycles. The Kier molecular flexibility index (Phi) is 3.38. The lowest BCUT2D eigenvalue weighted by molar-refractivity contribution is -0.150. The van der Waals surface area contributed by atoms with Crippen LogP contribution < -0.4 is 5.73 Å². The molecule has 3 unspecified atom stereocenters. The van der Waals surface area contributed by atoms with E-state index in [0.29, 0.717) is 30.8 Å². The van der Waals surface area contributed by atoms with Crippen molar-refractivity contribution in [2.75, 3.05) is 13.1 Å². The number of urea groups is 1. The number of halogens is 1. The molecule has 29 heavy (non-hydrogen) atoms. The van der Waals surface area contributed by atoms with Gasteiger partial charge in [0, 0.05) is 18.0 Å². The van der Waals surface area contributed by atoms with Gasteiger partial charge >= 0.3 is 6.03 Å². The Morgan fingerprint density at radius 3 is 2.45 bits per heavy atom. The van der Waals surface area contributed by atoms with Gasteiger partial charge in [0.15, 0.2) is 0 Å². The van der Waals surface area contributed by atoms with Crippen LogP contribution in [0.5, 0.6) is 0 Å². The van der Waals surface area contributed by atoms with E-state index in [1.807, 2.05) is 11.0 Å². The first-order chi connectivity index (χ1) is 13.9. The number of hydrogen-bond donors (Lipinski definition) is 1. The van der Waals surface area contributed by atoms with Gasteiger partial charge in [0.05, 0.1) is 6.54 Å². The van der Waals surface area contributed by atoms with Crippen molar-refractivity contribution < 1.29 is 14.0 Å². The molecule has 6 heteroatoms. The molecule has 0 aromatic heterocycles. The van der Waals surface area contributed by atoms with E-state index in [-0.39, 0.29) is 29.2 Å². The number of rotatable bonds is 3. The predicted molar refractivity (Wildman–Crippen MR) is 105 cm³/mol. The van der Waals surface area contributed by atoms with E-state index in [2.05, 4.69) is 11.0 Å². The number of primary amides is 1. The smallest absolute Gasteiger partial charge is 0.321 e. The second-order valence-corrected chi connectivity index (χ2v) is 9.96. The highest BCUT2D eigenvalue weighted by molar-refractivity contribution is 5.83. The Morgan fingerprint density at radius 1 is 1.10 bits per heavy atom. The van der Waals surface area contributed by atoms with Crippen LogP contribution in [-0.2, 0) is 10.3 Å². The number of carbonyl (C=O) groups excluding carboxylic acids is 2. The first-order valence-electron chi connectivity index (χ1n) is 10.7. The van der Waals surface area contributed by atoms with Crippen LogP contribution in [0.3, 0.4) is 0 Å². The van der Waals surface area contributed by atoms with E-state index < -0.39 is 5.54 Å². The number of amides is 3. The molecule has 3 amide bonds. The van der Waals surface area contributed by atoms with Crippen molar-refractivity contribution in [3.8, 4) is 0 Å². The molecule has 4 saturated carbocycles. The Labute approximate surface area is 169 Å². The molecule has 6 aliphatic rings. The molecule has 1 aromatic rings. The Balaban J connectivity index is 1.35. The highest BCUT2D eigenvalue weighted by Crippen LogP contribution is 2.62. The Morgan fingerprint density at radius 2 is 1.79 bits per heavy atom. The molecule has 5 nitrogen and oxygen atoms in total. The van der Waals surface area contributed by atoms with Gasteiger partial charge in [-0.1, -0.05) is 24.3 Å². The van der Waals surface area contributed by atoms with Crippen LogP contribution in [0.25, 0.3) is 0 Å². The maximum atomic E-state index is 13.5. The van der Waals surface area contributed by atoms with Crippen LogP contribution in [0, 0.1) is 29.0 Å². The monoisotopic (exact) mass is 395 g/mol. The summed E-state index contributed by atoms with van der Waals surface area (Å²) in [5, 5.41) is 0. The molecule has 0 spiro atoms. The third-order valence-corrected chi connectivity index (χ3v) is 8.50. The van der Waals surface area contributed by atoms with Gasteiger partial charge in [0.25, 0.3) is 0 Å². The van der Waals surface area contributed by atoms with E-state index in [4.69, 9.17) is 5.73 Å². The van der Waals surface area contributed by atoms with Crippen LogP contribution in [-0.4, -0.2) is 40.9 Å². The molecule has 5 fully saturated rings. The number of nitrogens with zero attached hydrogens (tertiary/aromatic N) is 2. The summed E-state index contributed by atoms with van der Waals surface area (Å²) in [6, 6.07) is 6.80. The average Bonchev–Trinajstić information content (AvgIpc) is 3.21. The Bertz CT molecular complexity index is 913. The van der Waals surface area contributed by atoms with Crippen LogP contribution in [0.2, 0.25) is 0 Å². The van der Waals surface area contributed by atoms with E-state index >= 15 is 0 Å². The third kappa shape index (κ3) is 2.20. The highest BCUT2D eigenvalue weighted by atomic mass is 19.1. The molecule has 1 aromatic carbocycles. The van der Waals surface area contributed by atoms with Crippen LogP contribution in [0.1, 0.15) is 37.7 Å². The predicted octanol–water partition coefficient (Wildman–Crippen LogP) is 3.01. The van der Waals surface area contributed by atoms with Crippen molar-refractivity contribution in [3.05, 3.63) is 47.8 Å².